The van der Waals surface area contributed by atoms with Crippen molar-refractivity contribution in [3.05, 3.63) is 64.4 Å². The predicted molar refractivity (Wildman–Crippen MR) is 123 cm³/mol. The lowest BCUT2D eigenvalue weighted by Crippen LogP contribution is -2.51. The molecule has 0 bridgehead atoms. The Hall–Kier alpha value is -2.65. The molecule has 10 heteroatoms. The van der Waals surface area contributed by atoms with Crippen LogP contribution in [-0.2, 0) is 26.2 Å². The van der Waals surface area contributed by atoms with E-state index in [1.54, 1.807) is 26.0 Å². The molecule has 0 aliphatic carbocycles. The van der Waals surface area contributed by atoms with Gasteiger partial charge in [0.05, 0.1) is 11.9 Å². The molecule has 2 amide bonds. The van der Waals surface area contributed by atoms with Crippen LogP contribution in [0.2, 0.25) is 5.02 Å². The monoisotopic (exact) mass is 483 g/mol. The first-order chi connectivity index (χ1) is 15.0. The first-order valence-corrected chi connectivity index (χ1v) is 12.2. The van der Waals surface area contributed by atoms with Gasteiger partial charge < -0.3 is 10.2 Å². The second kappa shape index (κ2) is 10.8. The van der Waals surface area contributed by atoms with Crippen molar-refractivity contribution in [3.8, 4) is 0 Å². The molecule has 2 rings (SSSR count). The fraction of sp³-hybridized carbons (Fsp3) is 0.364. The summed E-state index contributed by atoms with van der Waals surface area (Å²) in [5, 5.41) is 2.86. The van der Waals surface area contributed by atoms with E-state index in [1.165, 1.54) is 42.3 Å². The number of benzene rings is 2. The third-order valence-corrected chi connectivity index (χ3v) is 6.38. The van der Waals surface area contributed by atoms with Crippen molar-refractivity contribution in [3.63, 3.8) is 0 Å². The molecular formula is C22H27ClFN3O4S. The summed E-state index contributed by atoms with van der Waals surface area (Å²) in [6.07, 6.45) is 1.31. The highest BCUT2D eigenvalue weighted by Gasteiger charge is 2.31. The topological polar surface area (TPSA) is 86.8 Å². The average Bonchev–Trinajstić information content (AvgIpc) is 2.73. The maximum absolute atomic E-state index is 13.4. The summed E-state index contributed by atoms with van der Waals surface area (Å²) in [6.45, 7) is 2.95. The van der Waals surface area contributed by atoms with E-state index in [0.717, 1.165) is 10.6 Å². The Morgan fingerprint density at radius 1 is 1.16 bits per heavy atom. The molecule has 0 spiro atoms. The quantitative estimate of drug-likeness (QED) is 0.593. The van der Waals surface area contributed by atoms with Gasteiger partial charge in [-0.05, 0) is 48.7 Å². The van der Waals surface area contributed by atoms with Crippen molar-refractivity contribution < 1.29 is 22.4 Å². The van der Waals surface area contributed by atoms with Gasteiger partial charge in [-0.15, -0.1) is 0 Å². The van der Waals surface area contributed by atoms with Gasteiger partial charge in [0.15, 0.2) is 0 Å². The molecule has 0 heterocycles. The first kappa shape index (κ1) is 25.6. The summed E-state index contributed by atoms with van der Waals surface area (Å²) in [4.78, 5) is 27.2. The molecule has 0 saturated heterocycles. The number of anilines is 1. The Morgan fingerprint density at radius 3 is 2.31 bits per heavy atom. The molecular weight excluding hydrogens is 457 g/mol. The van der Waals surface area contributed by atoms with E-state index in [-0.39, 0.29) is 18.1 Å². The van der Waals surface area contributed by atoms with Gasteiger partial charge >= 0.3 is 0 Å². The normalized spacial score (nSPS) is 12.2. The van der Waals surface area contributed by atoms with E-state index in [0.29, 0.717) is 22.6 Å². The van der Waals surface area contributed by atoms with Crippen molar-refractivity contribution in [2.45, 2.75) is 32.9 Å². The number of nitrogens with zero attached hydrogens (tertiary/aromatic N) is 2. The lowest BCUT2D eigenvalue weighted by Gasteiger charge is -2.33. The van der Waals surface area contributed by atoms with Gasteiger partial charge in [0, 0.05) is 18.6 Å². The standard InChI is InChI=1S/C22H27ClFN3O4S/c1-5-19(22(29)25-3)26(13-16-7-10-18(24)11-8-16)21(28)14-27(32(4,30)31)20-12-17(23)9-6-15(20)2/h6-12,19H,5,13-14H2,1-4H3,(H,25,29)/t19-/m0/s1. The molecule has 2 aromatic rings. The number of rotatable bonds is 9. The van der Waals surface area contributed by atoms with Crippen LogP contribution in [0.25, 0.3) is 0 Å². The van der Waals surface area contributed by atoms with Crippen LogP contribution in [0.4, 0.5) is 10.1 Å². The van der Waals surface area contributed by atoms with Crippen molar-refractivity contribution in [2.24, 2.45) is 0 Å². The highest BCUT2D eigenvalue weighted by atomic mass is 35.5. The summed E-state index contributed by atoms with van der Waals surface area (Å²) in [6, 6.07) is 9.49. The fourth-order valence-corrected chi connectivity index (χ4v) is 4.38. The van der Waals surface area contributed by atoms with Crippen molar-refractivity contribution in [1.29, 1.82) is 0 Å². The van der Waals surface area contributed by atoms with E-state index in [9.17, 15) is 22.4 Å². The number of aryl methyl sites for hydroxylation is 1. The minimum Gasteiger partial charge on any atom is -0.357 e. The summed E-state index contributed by atoms with van der Waals surface area (Å²) in [5.41, 5.74) is 1.51. The lowest BCUT2D eigenvalue weighted by molar-refractivity contribution is -0.140. The molecule has 0 aliphatic heterocycles. The molecule has 1 N–H and O–H groups in total. The molecule has 0 saturated carbocycles. The second-order valence-corrected chi connectivity index (χ2v) is 9.73. The summed E-state index contributed by atoms with van der Waals surface area (Å²) in [5.74, 6) is -1.38. The third kappa shape index (κ3) is 6.43. The molecule has 174 valence electrons. The minimum absolute atomic E-state index is 0.0111. The number of hydrogen-bond donors (Lipinski definition) is 1. The molecule has 0 aromatic heterocycles. The van der Waals surface area contributed by atoms with Gasteiger partial charge in [0.25, 0.3) is 0 Å². The van der Waals surface area contributed by atoms with Crippen LogP contribution < -0.4 is 9.62 Å². The number of sulfonamides is 1. The number of carbonyl (C=O) groups is 2. The zero-order valence-corrected chi connectivity index (χ0v) is 20.0. The van der Waals surface area contributed by atoms with E-state index in [1.807, 2.05) is 0 Å². The number of likely N-dealkylation sites (N-methyl/N-ethyl adjacent to an activating group) is 1. The molecule has 2 aromatic carbocycles. The van der Waals surface area contributed by atoms with Crippen LogP contribution in [0, 0.1) is 12.7 Å². The Kier molecular flexibility index (Phi) is 8.63. The summed E-state index contributed by atoms with van der Waals surface area (Å²) < 4.78 is 39.4. The van der Waals surface area contributed by atoms with E-state index >= 15 is 0 Å². The van der Waals surface area contributed by atoms with Crippen LogP contribution in [0.1, 0.15) is 24.5 Å². The van der Waals surface area contributed by atoms with Crippen LogP contribution in [0.15, 0.2) is 42.5 Å². The maximum atomic E-state index is 13.4. The molecule has 0 unspecified atom stereocenters. The molecule has 7 nitrogen and oxygen atoms in total. The Labute approximate surface area is 193 Å². The number of hydrogen-bond acceptors (Lipinski definition) is 4. The number of halogens is 2. The second-order valence-electron chi connectivity index (χ2n) is 7.39. The van der Waals surface area contributed by atoms with Crippen LogP contribution in [0.5, 0.6) is 0 Å². The Balaban J connectivity index is 2.46. The van der Waals surface area contributed by atoms with Crippen LogP contribution in [-0.4, -0.2) is 51.0 Å². The molecule has 32 heavy (non-hydrogen) atoms. The van der Waals surface area contributed by atoms with Crippen molar-refractivity contribution in [1.82, 2.24) is 10.2 Å². The van der Waals surface area contributed by atoms with Gasteiger partial charge in [-0.3, -0.25) is 13.9 Å². The van der Waals surface area contributed by atoms with Crippen LogP contribution in [0.3, 0.4) is 0 Å². The first-order valence-electron chi connectivity index (χ1n) is 9.97. The summed E-state index contributed by atoms with van der Waals surface area (Å²) >= 11 is 6.06. The Morgan fingerprint density at radius 2 is 1.78 bits per heavy atom. The highest BCUT2D eigenvalue weighted by Crippen LogP contribution is 2.27. The van der Waals surface area contributed by atoms with E-state index < -0.39 is 34.3 Å². The van der Waals surface area contributed by atoms with Crippen LogP contribution >= 0.6 is 11.6 Å². The Bertz CT molecular complexity index is 1080. The third-order valence-electron chi connectivity index (χ3n) is 5.02. The zero-order valence-electron chi connectivity index (χ0n) is 18.4. The van der Waals surface area contributed by atoms with Gasteiger partial charge in [0.1, 0.15) is 18.4 Å². The van der Waals surface area contributed by atoms with Gasteiger partial charge in [-0.25, -0.2) is 12.8 Å². The number of nitrogens with one attached hydrogen (secondary N) is 1. The van der Waals surface area contributed by atoms with Crippen molar-refractivity contribution >= 4 is 39.1 Å². The van der Waals surface area contributed by atoms with Gasteiger partial charge in [-0.1, -0.05) is 36.7 Å². The maximum Gasteiger partial charge on any atom is 0.244 e. The van der Waals surface area contributed by atoms with Gasteiger partial charge in [-0.2, -0.15) is 0 Å². The molecule has 0 fully saturated rings. The SMILES string of the molecule is CC[C@@H](C(=O)NC)N(Cc1ccc(F)cc1)C(=O)CN(c1cc(Cl)ccc1C)S(C)(=O)=O. The predicted octanol–water partition coefficient (Wildman–Crippen LogP) is 3.11. The smallest absolute Gasteiger partial charge is 0.244 e. The lowest BCUT2D eigenvalue weighted by atomic mass is 10.1. The molecule has 1 atom stereocenters. The number of carbonyl (C=O) groups excluding carboxylic acids is 2. The number of amides is 2. The largest absolute Gasteiger partial charge is 0.357 e. The van der Waals surface area contributed by atoms with E-state index in [2.05, 4.69) is 5.32 Å². The van der Waals surface area contributed by atoms with E-state index in [4.69, 9.17) is 11.6 Å². The average molecular weight is 484 g/mol. The van der Waals surface area contributed by atoms with Crippen molar-refractivity contribution in [2.75, 3.05) is 24.2 Å². The fourth-order valence-electron chi connectivity index (χ4n) is 3.32. The molecule has 0 aliphatic rings. The minimum atomic E-state index is -3.85. The summed E-state index contributed by atoms with van der Waals surface area (Å²) in [7, 11) is -2.38. The highest BCUT2D eigenvalue weighted by molar-refractivity contribution is 7.92. The molecule has 0 radical (unpaired) electrons. The zero-order chi connectivity index (χ0) is 24.1. The van der Waals surface area contributed by atoms with Gasteiger partial charge in [0.2, 0.25) is 21.8 Å².